The lowest BCUT2D eigenvalue weighted by Crippen LogP contribution is -2.50. The predicted octanol–water partition coefficient (Wildman–Crippen LogP) is 1.70. The molecule has 0 N–H and O–H groups in total. The van der Waals surface area contributed by atoms with Gasteiger partial charge in [-0.05, 0) is 18.9 Å². The van der Waals surface area contributed by atoms with Gasteiger partial charge in [0.05, 0.1) is 0 Å². The van der Waals surface area contributed by atoms with Gasteiger partial charge in [-0.2, -0.15) is 0 Å². The van der Waals surface area contributed by atoms with E-state index in [4.69, 9.17) is 0 Å². The number of rotatable bonds is 5. The molecule has 2 heterocycles. The maximum atomic E-state index is 12.6. The summed E-state index contributed by atoms with van der Waals surface area (Å²) in [6, 6.07) is 2.12. The maximum Gasteiger partial charge on any atom is 0.225 e. The number of carbonyl (C=O) groups is 2. The molecule has 2 amide bonds. The fourth-order valence-electron chi connectivity index (χ4n) is 3.97. The standard InChI is InChI=1S/C19H29N5O2/c1-16(25)24(17-6-3-2-4-7-17)11-8-18(26)22-12-14-23(15-13-22)19-20-9-5-10-21-19/h5,9-10,17H,2-4,6-8,11-15H2,1H3. The summed E-state index contributed by atoms with van der Waals surface area (Å²) in [4.78, 5) is 39.1. The molecule has 0 atom stereocenters. The van der Waals surface area contributed by atoms with Crippen LogP contribution in [0, 0.1) is 0 Å². The molecule has 1 aromatic heterocycles. The van der Waals surface area contributed by atoms with E-state index in [-0.39, 0.29) is 11.8 Å². The Labute approximate surface area is 155 Å². The van der Waals surface area contributed by atoms with E-state index < -0.39 is 0 Å². The minimum Gasteiger partial charge on any atom is -0.339 e. The molecule has 3 rings (SSSR count). The molecule has 1 aliphatic carbocycles. The van der Waals surface area contributed by atoms with Crippen molar-refractivity contribution in [2.24, 2.45) is 0 Å². The van der Waals surface area contributed by atoms with E-state index in [1.54, 1.807) is 25.4 Å². The second kappa shape index (κ2) is 8.96. The Morgan fingerprint density at radius 2 is 1.73 bits per heavy atom. The predicted molar refractivity (Wildman–Crippen MR) is 99.7 cm³/mol. The average Bonchev–Trinajstić information content (AvgIpc) is 2.69. The summed E-state index contributed by atoms with van der Waals surface area (Å²) >= 11 is 0. The van der Waals surface area contributed by atoms with E-state index >= 15 is 0 Å². The van der Waals surface area contributed by atoms with E-state index in [1.165, 1.54) is 19.3 Å². The van der Waals surface area contributed by atoms with Crippen molar-refractivity contribution >= 4 is 17.8 Å². The number of anilines is 1. The van der Waals surface area contributed by atoms with Gasteiger partial charge in [0.25, 0.3) is 0 Å². The van der Waals surface area contributed by atoms with Crippen molar-refractivity contribution in [3.8, 4) is 0 Å². The third kappa shape index (κ3) is 4.71. The van der Waals surface area contributed by atoms with Crippen molar-refractivity contribution in [2.75, 3.05) is 37.6 Å². The van der Waals surface area contributed by atoms with Crippen LogP contribution in [0.4, 0.5) is 5.95 Å². The van der Waals surface area contributed by atoms with Crippen LogP contribution in [-0.2, 0) is 9.59 Å². The molecule has 142 valence electrons. The average molecular weight is 359 g/mol. The summed E-state index contributed by atoms with van der Waals surface area (Å²) in [6.45, 7) is 5.02. The van der Waals surface area contributed by atoms with Crippen LogP contribution in [0.3, 0.4) is 0 Å². The molecule has 1 saturated carbocycles. The van der Waals surface area contributed by atoms with Crippen LogP contribution in [0.2, 0.25) is 0 Å². The minimum absolute atomic E-state index is 0.0933. The first kappa shape index (κ1) is 18.6. The zero-order valence-corrected chi connectivity index (χ0v) is 15.6. The highest BCUT2D eigenvalue weighted by Crippen LogP contribution is 2.23. The molecule has 0 aromatic carbocycles. The van der Waals surface area contributed by atoms with Crippen molar-refractivity contribution < 1.29 is 9.59 Å². The van der Waals surface area contributed by atoms with Crippen molar-refractivity contribution in [1.29, 1.82) is 0 Å². The molecule has 1 aliphatic heterocycles. The second-order valence-electron chi connectivity index (χ2n) is 7.17. The Bertz CT molecular complexity index is 595. The van der Waals surface area contributed by atoms with Crippen LogP contribution >= 0.6 is 0 Å². The highest BCUT2D eigenvalue weighted by molar-refractivity contribution is 5.78. The van der Waals surface area contributed by atoms with Gasteiger partial charge in [0.15, 0.2) is 0 Å². The number of hydrogen-bond donors (Lipinski definition) is 0. The first-order valence-corrected chi connectivity index (χ1v) is 9.72. The van der Waals surface area contributed by atoms with Crippen molar-refractivity contribution in [3.63, 3.8) is 0 Å². The molecule has 7 nitrogen and oxygen atoms in total. The molecular formula is C19H29N5O2. The van der Waals surface area contributed by atoms with E-state index in [0.717, 1.165) is 31.9 Å². The third-order valence-electron chi connectivity index (χ3n) is 5.45. The van der Waals surface area contributed by atoms with Crippen LogP contribution in [0.1, 0.15) is 45.4 Å². The lowest BCUT2D eigenvalue weighted by molar-refractivity contribution is -0.135. The molecule has 0 spiro atoms. The molecule has 7 heteroatoms. The molecule has 1 saturated heterocycles. The Kier molecular flexibility index (Phi) is 6.41. The summed E-state index contributed by atoms with van der Waals surface area (Å²) < 4.78 is 0. The largest absolute Gasteiger partial charge is 0.339 e. The second-order valence-corrected chi connectivity index (χ2v) is 7.17. The minimum atomic E-state index is 0.0933. The Hall–Kier alpha value is -2.18. The van der Waals surface area contributed by atoms with Crippen molar-refractivity contribution in [2.45, 2.75) is 51.5 Å². The maximum absolute atomic E-state index is 12.6. The Morgan fingerprint density at radius 3 is 2.35 bits per heavy atom. The van der Waals surface area contributed by atoms with Crippen LogP contribution in [-0.4, -0.2) is 70.3 Å². The molecule has 0 unspecified atom stereocenters. The summed E-state index contributed by atoms with van der Waals surface area (Å²) in [5, 5.41) is 0. The Morgan fingerprint density at radius 1 is 1.08 bits per heavy atom. The van der Waals surface area contributed by atoms with Crippen molar-refractivity contribution in [3.05, 3.63) is 18.5 Å². The third-order valence-corrected chi connectivity index (χ3v) is 5.45. The lowest BCUT2D eigenvalue weighted by Gasteiger charge is -2.36. The number of nitrogens with zero attached hydrogens (tertiary/aromatic N) is 5. The molecule has 0 radical (unpaired) electrons. The van der Waals surface area contributed by atoms with E-state index in [0.29, 0.717) is 32.1 Å². The van der Waals surface area contributed by atoms with Crippen LogP contribution < -0.4 is 4.90 Å². The fraction of sp³-hybridized carbons (Fsp3) is 0.684. The van der Waals surface area contributed by atoms with E-state index in [1.807, 2.05) is 9.80 Å². The van der Waals surface area contributed by atoms with Gasteiger partial charge in [-0.3, -0.25) is 9.59 Å². The molecular weight excluding hydrogens is 330 g/mol. The van der Waals surface area contributed by atoms with Gasteiger partial charge in [-0.1, -0.05) is 19.3 Å². The molecule has 0 bridgehead atoms. The molecule has 2 fully saturated rings. The van der Waals surface area contributed by atoms with E-state index in [2.05, 4.69) is 14.9 Å². The van der Waals surface area contributed by atoms with Gasteiger partial charge >= 0.3 is 0 Å². The van der Waals surface area contributed by atoms with Gasteiger partial charge in [-0.15, -0.1) is 0 Å². The smallest absolute Gasteiger partial charge is 0.225 e. The molecule has 2 aliphatic rings. The van der Waals surface area contributed by atoms with Crippen LogP contribution in [0.15, 0.2) is 18.5 Å². The summed E-state index contributed by atoms with van der Waals surface area (Å²) in [7, 11) is 0. The Balaban J connectivity index is 1.47. The normalized spacial score (nSPS) is 18.7. The number of carbonyl (C=O) groups excluding carboxylic acids is 2. The summed E-state index contributed by atoms with van der Waals surface area (Å²) in [6.07, 6.45) is 9.67. The van der Waals surface area contributed by atoms with Gasteiger partial charge < -0.3 is 14.7 Å². The van der Waals surface area contributed by atoms with E-state index in [9.17, 15) is 9.59 Å². The number of aromatic nitrogens is 2. The molecule has 1 aromatic rings. The zero-order valence-electron chi connectivity index (χ0n) is 15.6. The van der Waals surface area contributed by atoms with Crippen molar-refractivity contribution in [1.82, 2.24) is 19.8 Å². The number of piperazine rings is 1. The zero-order chi connectivity index (χ0) is 18.4. The first-order chi connectivity index (χ1) is 12.6. The highest BCUT2D eigenvalue weighted by atomic mass is 16.2. The van der Waals surface area contributed by atoms with Gasteiger partial charge in [0.2, 0.25) is 17.8 Å². The number of amides is 2. The first-order valence-electron chi connectivity index (χ1n) is 9.72. The fourth-order valence-corrected chi connectivity index (χ4v) is 3.97. The van der Waals surface area contributed by atoms with Crippen LogP contribution in [0.5, 0.6) is 0 Å². The topological polar surface area (TPSA) is 69.6 Å². The van der Waals surface area contributed by atoms with Crippen LogP contribution in [0.25, 0.3) is 0 Å². The van der Waals surface area contributed by atoms with Gasteiger partial charge in [0, 0.05) is 64.5 Å². The molecule has 26 heavy (non-hydrogen) atoms. The highest BCUT2D eigenvalue weighted by Gasteiger charge is 2.26. The van der Waals surface area contributed by atoms with Gasteiger partial charge in [0.1, 0.15) is 0 Å². The summed E-state index contributed by atoms with van der Waals surface area (Å²) in [5.41, 5.74) is 0. The number of hydrogen-bond acceptors (Lipinski definition) is 5. The monoisotopic (exact) mass is 359 g/mol. The SMILES string of the molecule is CC(=O)N(CCC(=O)N1CCN(c2ncccn2)CC1)C1CCCCC1. The lowest BCUT2D eigenvalue weighted by atomic mass is 9.94. The summed E-state index contributed by atoms with van der Waals surface area (Å²) in [5.74, 6) is 0.955. The van der Waals surface area contributed by atoms with Gasteiger partial charge in [-0.25, -0.2) is 9.97 Å². The quantitative estimate of drug-likeness (QED) is 0.800.